The van der Waals surface area contributed by atoms with Gasteiger partial charge in [-0.2, -0.15) is 0 Å². The van der Waals surface area contributed by atoms with E-state index in [4.69, 9.17) is 5.73 Å². The molecule has 2 N–H and O–H groups in total. The molecule has 15 heavy (non-hydrogen) atoms. The Labute approximate surface area is 93.4 Å². The second kappa shape index (κ2) is 7.86. The zero-order valence-electron chi connectivity index (χ0n) is 9.79. The van der Waals surface area contributed by atoms with E-state index in [0.717, 1.165) is 18.4 Å². The van der Waals surface area contributed by atoms with Gasteiger partial charge in [0.05, 0.1) is 0 Å². The summed E-state index contributed by atoms with van der Waals surface area (Å²) in [5.41, 5.74) is 8.53. The highest BCUT2D eigenvalue weighted by molar-refractivity contribution is 5.43. The summed E-state index contributed by atoms with van der Waals surface area (Å²) in [5.74, 6) is 0. The molecule has 0 atom stereocenters. The fraction of sp³-hybridized carbons (Fsp3) is 0.286. The maximum Gasteiger partial charge on any atom is 0.0313 e. The van der Waals surface area contributed by atoms with Gasteiger partial charge in [0.2, 0.25) is 0 Å². The first-order valence-corrected chi connectivity index (χ1v) is 5.38. The van der Waals surface area contributed by atoms with Crippen LogP contribution in [-0.4, -0.2) is 0 Å². The lowest BCUT2D eigenvalue weighted by molar-refractivity contribution is 0.978. The van der Waals surface area contributed by atoms with Crippen LogP contribution in [0.15, 0.2) is 60.4 Å². The Kier molecular flexibility index (Phi) is 7.08. The van der Waals surface area contributed by atoms with E-state index in [2.05, 4.69) is 31.4 Å². The van der Waals surface area contributed by atoms with Crippen LogP contribution in [0.3, 0.4) is 0 Å². The Balaban J connectivity index is 0.000000921. The minimum Gasteiger partial charge on any atom is -0.399 e. The number of allylic oxidation sites excluding steroid dienone is 7. The lowest BCUT2D eigenvalue weighted by Gasteiger charge is -2.08. The van der Waals surface area contributed by atoms with Gasteiger partial charge in [0.25, 0.3) is 0 Å². The van der Waals surface area contributed by atoms with Gasteiger partial charge in [-0.1, -0.05) is 45.2 Å². The summed E-state index contributed by atoms with van der Waals surface area (Å²) in [5, 5.41) is 0. The molecule has 1 rings (SSSR count). The summed E-state index contributed by atoms with van der Waals surface area (Å²) >= 11 is 0. The van der Waals surface area contributed by atoms with Gasteiger partial charge in [0.1, 0.15) is 0 Å². The summed E-state index contributed by atoms with van der Waals surface area (Å²) < 4.78 is 0. The molecule has 0 heterocycles. The Bertz CT molecular complexity index is 303. The number of nitrogens with two attached hydrogens (primary N) is 1. The van der Waals surface area contributed by atoms with Crippen molar-refractivity contribution in [2.24, 2.45) is 5.73 Å². The topological polar surface area (TPSA) is 26.0 Å². The van der Waals surface area contributed by atoms with Crippen LogP contribution >= 0.6 is 0 Å². The van der Waals surface area contributed by atoms with Crippen LogP contribution in [0, 0.1) is 0 Å². The smallest absolute Gasteiger partial charge is 0.0313 e. The fourth-order valence-corrected chi connectivity index (χ4v) is 1.22. The molecule has 0 aromatic heterocycles. The van der Waals surface area contributed by atoms with E-state index in [0.29, 0.717) is 5.70 Å². The molecule has 0 radical (unpaired) electrons. The molecule has 0 bridgehead atoms. The van der Waals surface area contributed by atoms with Gasteiger partial charge in [0, 0.05) is 5.70 Å². The first kappa shape index (κ1) is 13.5. The van der Waals surface area contributed by atoms with Crippen molar-refractivity contribution in [3.63, 3.8) is 0 Å². The van der Waals surface area contributed by atoms with Crippen LogP contribution in [0.5, 0.6) is 0 Å². The molecule has 1 aliphatic rings. The maximum atomic E-state index is 5.62. The number of hydrogen-bond acceptors (Lipinski definition) is 1. The molecule has 1 heteroatoms. The van der Waals surface area contributed by atoms with Crippen LogP contribution in [0.2, 0.25) is 0 Å². The first-order chi connectivity index (χ1) is 7.24. The highest BCUT2D eigenvalue weighted by Crippen LogP contribution is 2.20. The Hall–Kier alpha value is -1.50. The van der Waals surface area contributed by atoms with Crippen molar-refractivity contribution in [3.05, 3.63) is 60.4 Å². The van der Waals surface area contributed by atoms with Gasteiger partial charge in [-0.25, -0.2) is 0 Å². The lowest BCUT2D eigenvalue weighted by Crippen LogP contribution is -1.95. The molecule has 0 saturated carbocycles. The molecule has 82 valence electrons. The summed E-state index contributed by atoms with van der Waals surface area (Å²) in [4.78, 5) is 0. The number of hydrogen-bond donors (Lipinski definition) is 1. The molecule has 0 spiro atoms. The van der Waals surface area contributed by atoms with Crippen molar-refractivity contribution in [1.82, 2.24) is 0 Å². The van der Waals surface area contributed by atoms with E-state index in [1.54, 1.807) is 6.08 Å². The van der Waals surface area contributed by atoms with Gasteiger partial charge in [-0.15, -0.1) is 0 Å². The molecule has 0 aromatic carbocycles. The van der Waals surface area contributed by atoms with Gasteiger partial charge in [-0.3, -0.25) is 0 Å². The SMILES string of the molecule is C=C/C(N)=C\C(=C)C1=CC=CCC1.CC. The third-order valence-corrected chi connectivity index (χ3v) is 2.00. The summed E-state index contributed by atoms with van der Waals surface area (Å²) in [7, 11) is 0. The summed E-state index contributed by atoms with van der Waals surface area (Å²) in [6.07, 6.45) is 11.9. The molecule has 1 aliphatic carbocycles. The van der Waals surface area contributed by atoms with Crippen molar-refractivity contribution in [2.45, 2.75) is 26.7 Å². The van der Waals surface area contributed by atoms with E-state index in [9.17, 15) is 0 Å². The van der Waals surface area contributed by atoms with Crippen molar-refractivity contribution < 1.29 is 0 Å². The molecule has 1 nitrogen and oxygen atoms in total. The lowest BCUT2D eigenvalue weighted by atomic mass is 9.98. The fourth-order valence-electron chi connectivity index (χ4n) is 1.22. The minimum absolute atomic E-state index is 0.667. The number of rotatable bonds is 3. The standard InChI is InChI=1S/C12H15N.C2H6/c1-3-12(13)9-10(2)11-7-5-4-6-8-11;1-2/h3-5,7,9H,1-2,6,8,13H2;1-2H3/b12-9+;. The Morgan fingerprint density at radius 3 is 2.60 bits per heavy atom. The third kappa shape index (κ3) is 5.06. The van der Waals surface area contributed by atoms with Gasteiger partial charge in [-0.05, 0) is 36.1 Å². The first-order valence-electron chi connectivity index (χ1n) is 5.38. The normalized spacial score (nSPS) is 14.8. The van der Waals surface area contributed by atoms with E-state index < -0.39 is 0 Å². The van der Waals surface area contributed by atoms with Crippen LogP contribution < -0.4 is 5.73 Å². The molecule has 0 aliphatic heterocycles. The van der Waals surface area contributed by atoms with E-state index in [-0.39, 0.29) is 0 Å². The quantitative estimate of drug-likeness (QED) is 0.692. The van der Waals surface area contributed by atoms with Crippen molar-refractivity contribution in [2.75, 3.05) is 0 Å². The molecule has 0 amide bonds. The van der Waals surface area contributed by atoms with E-state index in [1.807, 2.05) is 19.9 Å². The van der Waals surface area contributed by atoms with E-state index in [1.165, 1.54) is 5.57 Å². The Morgan fingerprint density at radius 1 is 1.47 bits per heavy atom. The van der Waals surface area contributed by atoms with Gasteiger partial charge in [0.15, 0.2) is 0 Å². The molecule has 0 aromatic rings. The molecule has 0 unspecified atom stereocenters. The molecule has 0 saturated heterocycles. The second-order valence-electron chi connectivity index (χ2n) is 3.03. The van der Waals surface area contributed by atoms with Crippen LogP contribution in [-0.2, 0) is 0 Å². The van der Waals surface area contributed by atoms with Crippen LogP contribution in [0.25, 0.3) is 0 Å². The average Bonchev–Trinajstić information content (AvgIpc) is 2.32. The molecule has 0 fully saturated rings. The molecular formula is C14H21N. The van der Waals surface area contributed by atoms with Crippen LogP contribution in [0.1, 0.15) is 26.7 Å². The Morgan fingerprint density at radius 2 is 2.13 bits per heavy atom. The summed E-state index contributed by atoms with van der Waals surface area (Å²) in [6, 6.07) is 0. The largest absolute Gasteiger partial charge is 0.399 e. The zero-order chi connectivity index (χ0) is 11.7. The monoisotopic (exact) mass is 203 g/mol. The highest BCUT2D eigenvalue weighted by atomic mass is 14.5. The van der Waals surface area contributed by atoms with Crippen molar-refractivity contribution in [1.29, 1.82) is 0 Å². The summed E-state index contributed by atoms with van der Waals surface area (Å²) in [6.45, 7) is 11.6. The molecular weight excluding hydrogens is 182 g/mol. The van der Waals surface area contributed by atoms with Gasteiger partial charge < -0.3 is 5.73 Å². The highest BCUT2D eigenvalue weighted by Gasteiger charge is 2.01. The second-order valence-corrected chi connectivity index (χ2v) is 3.03. The minimum atomic E-state index is 0.667. The van der Waals surface area contributed by atoms with Gasteiger partial charge >= 0.3 is 0 Å². The third-order valence-electron chi connectivity index (χ3n) is 2.00. The maximum absolute atomic E-state index is 5.62. The van der Waals surface area contributed by atoms with Crippen molar-refractivity contribution >= 4 is 0 Å². The predicted octanol–water partition coefficient (Wildman–Crippen LogP) is 3.87. The van der Waals surface area contributed by atoms with Crippen molar-refractivity contribution in [3.8, 4) is 0 Å². The van der Waals surface area contributed by atoms with Crippen LogP contribution in [0.4, 0.5) is 0 Å². The average molecular weight is 203 g/mol. The zero-order valence-corrected chi connectivity index (χ0v) is 9.79. The van der Waals surface area contributed by atoms with E-state index >= 15 is 0 Å². The predicted molar refractivity (Wildman–Crippen MR) is 69.4 cm³/mol.